The first kappa shape index (κ1) is 16.7. The Kier molecular flexibility index (Phi) is 5.74. The number of hydrogen-bond acceptors (Lipinski definition) is 5. The Bertz CT molecular complexity index is 694. The molecule has 0 bridgehead atoms. The highest BCUT2D eigenvalue weighted by Gasteiger charge is 2.07. The van der Waals surface area contributed by atoms with E-state index in [9.17, 15) is 4.21 Å². The van der Waals surface area contributed by atoms with Gasteiger partial charge in [-0.05, 0) is 24.6 Å². The van der Waals surface area contributed by atoms with Gasteiger partial charge in [0.2, 0.25) is 0 Å². The maximum absolute atomic E-state index is 11.3. The number of anilines is 1. The van der Waals surface area contributed by atoms with E-state index in [-0.39, 0.29) is 0 Å². The van der Waals surface area contributed by atoms with Crippen molar-refractivity contribution in [3.63, 3.8) is 0 Å². The number of halogens is 1. The molecule has 0 saturated heterocycles. The van der Waals surface area contributed by atoms with Crippen molar-refractivity contribution in [2.75, 3.05) is 18.7 Å². The Hall–Kier alpha value is -1.66. The van der Waals surface area contributed by atoms with Gasteiger partial charge in [-0.25, -0.2) is 9.97 Å². The summed E-state index contributed by atoms with van der Waals surface area (Å²) in [7, 11) is 0.654. The van der Waals surface area contributed by atoms with Crippen molar-refractivity contribution in [2.24, 2.45) is 0 Å². The Balaban J connectivity index is 2.12. The van der Waals surface area contributed by atoms with E-state index >= 15 is 0 Å². The van der Waals surface area contributed by atoms with Crippen LogP contribution in [0.1, 0.15) is 16.8 Å². The summed E-state index contributed by atoms with van der Waals surface area (Å²) < 4.78 is 16.3. The Morgan fingerprint density at radius 1 is 1.41 bits per heavy atom. The summed E-state index contributed by atoms with van der Waals surface area (Å²) in [6.45, 7) is 2.45. The number of benzene rings is 1. The molecule has 0 aliphatic rings. The zero-order valence-corrected chi connectivity index (χ0v) is 14.3. The van der Waals surface area contributed by atoms with Crippen molar-refractivity contribution in [1.29, 1.82) is 0 Å². The third kappa shape index (κ3) is 4.42. The molecular weight excluding hydrogens is 322 g/mol. The van der Waals surface area contributed by atoms with Crippen molar-refractivity contribution >= 4 is 28.1 Å². The average molecular weight is 340 g/mol. The molecule has 0 aliphatic carbocycles. The minimum absolute atomic E-state index is 0.353. The highest BCUT2D eigenvalue weighted by molar-refractivity contribution is 7.83. The number of hydrogen-bond donors (Lipinski definition) is 1. The topological polar surface area (TPSA) is 64.1 Å². The second-order valence-electron chi connectivity index (χ2n) is 4.85. The molecular formula is C15H18ClN3O2S. The van der Waals surface area contributed by atoms with Gasteiger partial charge < -0.3 is 10.1 Å². The predicted octanol–water partition coefficient (Wildman–Crippen LogP) is 2.94. The van der Waals surface area contributed by atoms with Crippen LogP contribution in [-0.4, -0.2) is 27.5 Å². The van der Waals surface area contributed by atoms with Crippen LogP contribution in [0.15, 0.2) is 24.4 Å². The standard InChI is InChI=1S/C15H18ClN3O2S/c1-10-12(8-18-15(19-10)21-2)7-17-14-6-11(9-22(3)20)4-5-13(14)16/h4-6,8,17H,7,9H2,1-3H3. The maximum Gasteiger partial charge on any atom is 0.316 e. The monoisotopic (exact) mass is 339 g/mol. The highest BCUT2D eigenvalue weighted by atomic mass is 35.5. The fraction of sp³-hybridized carbons (Fsp3) is 0.333. The van der Waals surface area contributed by atoms with Gasteiger partial charge in [-0.1, -0.05) is 17.7 Å². The third-order valence-electron chi connectivity index (χ3n) is 3.11. The van der Waals surface area contributed by atoms with Crippen LogP contribution in [0.2, 0.25) is 5.02 Å². The molecule has 1 N–H and O–H groups in total. The molecule has 1 aromatic heterocycles. The van der Waals surface area contributed by atoms with Gasteiger partial charge in [-0.2, -0.15) is 0 Å². The molecule has 7 heteroatoms. The van der Waals surface area contributed by atoms with E-state index in [1.165, 1.54) is 7.11 Å². The number of aromatic nitrogens is 2. The zero-order valence-electron chi connectivity index (χ0n) is 12.7. The molecule has 1 unspecified atom stereocenters. The van der Waals surface area contributed by atoms with Crippen LogP contribution in [-0.2, 0) is 23.1 Å². The number of rotatable bonds is 6. The van der Waals surface area contributed by atoms with E-state index < -0.39 is 10.8 Å². The quantitative estimate of drug-likeness (QED) is 0.876. The van der Waals surface area contributed by atoms with Crippen LogP contribution in [0.3, 0.4) is 0 Å². The van der Waals surface area contributed by atoms with Gasteiger partial charge >= 0.3 is 6.01 Å². The molecule has 5 nitrogen and oxygen atoms in total. The third-order valence-corrected chi connectivity index (χ3v) is 4.18. The largest absolute Gasteiger partial charge is 0.467 e. The molecule has 0 saturated carbocycles. The Morgan fingerprint density at radius 3 is 2.82 bits per heavy atom. The van der Waals surface area contributed by atoms with Crippen LogP contribution in [0.4, 0.5) is 5.69 Å². The average Bonchev–Trinajstić information content (AvgIpc) is 2.48. The van der Waals surface area contributed by atoms with Crippen LogP contribution in [0, 0.1) is 6.92 Å². The minimum Gasteiger partial charge on any atom is -0.467 e. The van der Waals surface area contributed by atoms with Crippen molar-refractivity contribution in [3.8, 4) is 6.01 Å². The molecule has 0 spiro atoms. The minimum atomic E-state index is -0.884. The molecule has 118 valence electrons. The molecule has 1 atom stereocenters. The van der Waals surface area contributed by atoms with Gasteiger partial charge in [-0.3, -0.25) is 4.21 Å². The lowest BCUT2D eigenvalue weighted by molar-refractivity contribution is 0.378. The van der Waals surface area contributed by atoms with Gasteiger partial charge in [0.1, 0.15) is 0 Å². The number of aryl methyl sites for hydroxylation is 1. The Morgan fingerprint density at radius 2 is 2.18 bits per heavy atom. The van der Waals surface area contributed by atoms with E-state index in [2.05, 4.69) is 15.3 Å². The number of nitrogens with one attached hydrogen (secondary N) is 1. The molecule has 0 radical (unpaired) electrons. The smallest absolute Gasteiger partial charge is 0.316 e. The second kappa shape index (κ2) is 7.56. The summed E-state index contributed by atoms with van der Waals surface area (Å²) in [5.74, 6) is 0.510. The molecule has 22 heavy (non-hydrogen) atoms. The zero-order chi connectivity index (χ0) is 16.1. The van der Waals surface area contributed by atoms with E-state index in [1.54, 1.807) is 12.5 Å². The van der Waals surface area contributed by atoms with Crippen molar-refractivity contribution in [2.45, 2.75) is 19.2 Å². The molecule has 1 aromatic carbocycles. The fourth-order valence-corrected chi connectivity index (χ4v) is 2.80. The molecule has 1 heterocycles. The van der Waals surface area contributed by atoms with Crippen LogP contribution in [0.5, 0.6) is 6.01 Å². The Labute approximate surface area is 137 Å². The van der Waals surface area contributed by atoms with Crippen molar-refractivity contribution in [1.82, 2.24) is 9.97 Å². The van der Waals surface area contributed by atoms with E-state index in [1.807, 2.05) is 25.1 Å². The lowest BCUT2D eigenvalue weighted by Gasteiger charge is -2.11. The summed E-state index contributed by atoms with van der Waals surface area (Å²) in [5.41, 5.74) is 3.60. The summed E-state index contributed by atoms with van der Waals surface area (Å²) in [4.78, 5) is 8.34. The summed E-state index contributed by atoms with van der Waals surface area (Å²) in [5, 5.41) is 3.89. The first-order chi connectivity index (χ1) is 10.5. The fourth-order valence-electron chi connectivity index (χ4n) is 1.97. The SMILES string of the molecule is COc1ncc(CNc2cc(CS(C)=O)ccc2Cl)c(C)n1. The molecule has 2 aromatic rings. The summed E-state index contributed by atoms with van der Waals surface area (Å²) >= 11 is 6.20. The number of methoxy groups -OCH3 is 1. The van der Waals surface area contributed by atoms with Crippen LogP contribution < -0.4 is 10.1 Å². The van der Waals surface area contributed by atoms with Gasteiger partial charge in [-0.15, -0.1) is 0 Å². The van der Waals surface area contributed by atoms with Gasteiger partial charge in [0.05, 0.1) is 17.8 Å². The van der Waals surface area contributed by atoms with Gasteiger partial charge in [0.25, 0.3) is 0 Å². The first-order valence-corrected chi connectivity index (χ1v) is 8.79. The van der Waals surface area contributed by atoms with Gasteiger partial charge in [0, 0.05) is 46.8 Å². The molecule has 0 amide bonds. The van der Waals surface area contributed by atoms with Crippen LogP contribution >= 0.6 is 11.6 Å². The van der Waals surface area contributed by atoms with Crippen molar-refractivity contribution < 1.29 is 8.95 Å². The number of nitrogens with zero attached hydrogens (tertiary/aromatic N) is 2. The summed E-state index contributed by atoms with van der Waals surface area (Å²) in [6, 6.07) is 5.97. The lowest BCUT2D eigenvalue weighted by Crippen LogP contribution is -2.05. The van der Waals surface area contributed by atoms with E-state index in [0.29, 0.717) is 23.3 Å². The first-order valence-electron chi connectivity index (χ1n) is 6.68. The maximum atomic E-state index is 11.3. The normalized spacial score (nSPS) is 12.0. The predicted molar refractivity (Wildman–Crippen MR) is 89.9 cm³/mol. The van der Waals surface area contributed by atoms with Crippen LogP contribution in [0.25, 0.3) is 0 Å². The molecule has 0 aliphatic heterocycles. The van der Waals surface area contributed by atoms with Gasteiger partial charge in [0.15, 0.2) is 0 Å². The number of ether oxygens (including phenoxy) is 1. The molecule has 0 fully saturated rings. The van der Waals surface area contributed by atoms with E-state index in [0.717, 1.165) is 22.5 Å². The second-order valence-corrected chi connectivity index (χ2v) is 6.69. The lowest BCUT2D eigenvalue weighted by atomic mass is 10.2. The van der Waals surface area contributed by atoms with Crippen molar-refractivity contribution in [3.05, 3.63) is 46.2 Å². The highest BCUT2D eigenvalue weighted by Crippen LogP contribution is 2.24. The van der Waals surface area contributed by atoms with E-state index in [4.69, 9.17) is 16.3 Å². The molecule has 2 rings (SSSR count). The summed E-state index contributed by atoms with van der Waals surface area (Å²) in [6.07, 6.45) is 3.41.